The van der Waals surface area contributed by atoms with Gasteiger partial charge in [0.15, 0.2) is 0 Å². The van der Waals surface area contributed by atoms with Gasteiger partial charge in [0.05, 0.1) is 17.5 Å². The normalized spacial score (nSPS) is 21.3. The standard InChI is InChI=1S/C23H22N2O3/c1-15-7-12-19-20(13-15)23(28)25(22(19)27)18-10-8-17(9-11-18)21(26)24-14-16-5-3-2-4-6-16/h2-11,19-20H,12-14H2,1H3,(H,24,26)/t19-,20-/m1/s1. The number of rotatable bonds is 4. The molecule has 28 heavy (non-hydrogen) atoms. The van der Waals surface area contributed by atoms with Crippen LogP contribution in [0.15, 0.2) is 66.2 Å². The van der Waals surface area contributed by atoms with Gasteiger partial charge in [0, 0.05) is 12.1 Å². The third-order valence-electron chi connectivity index (χ3n) is 5.51. The van der Waals surface area contributed by atoms with Crippen LogP contribution in [0, 0.1) is 11.8 Å². The van der Waals surface area contributed by atoms with Crippen LogP contribution >= 0.6 is 0 Å². The summed E-state index contributed by atoms with van der Waals surface area (Å²) in [6.45, 7) is 2.44. The van der Waals surface area contributed by atoms with Gasteiger partial charge in [0.1, 0.15) is 0 Å². The number of nitrogens with zero attached hydrogens (tertiary/aromatic N) is 1. The Labute approximate surface area is 164 Å². The van der Waals surface area contributed by atoms with Crippen LogP contribution < -0.4 is 10.2 Å². The van der Waals surface area contributed by atoms with E-state index in [1.165, 1.54) is 4.90 Å². The lowest BCUT2D eigenvalue weighted by molar-refractivity contribution is -0.122. The van der Waals surface area contributed by atoms with E-state index in [0.717, 1.165) is 11.1 Å². The number of carbonyl (C=O) groups excluding carboxylic acids is 3. The van der Waals surface area contributed by atoms with Crippen molar-refractivity contribution in [3.63, 3.8) is 0 Å². The lowest BCUT2D eigenvalue weighted by atomic mass is 9.82. The van der Waals surface area contributed by atoms with Gasteiger partial charge in [-0.2, -0.15) is 0 Å². The number of allylic oxidation sites excluding steroid dienone is 2. The maximum absolute atomic E-state index is 12.8. The molecule has 5 heteroatoms. The molecule has 2 aliphatic rings. The van der Waals surface area contributed by atoms with Gasteiger partial charge in [-0.3, -0.25) is 19.3 Å². The predicted octanol–water partition coefficient (Wildman–Crippen LogP) is 3.46. The molecule has 0 spiro atoms. The van der Waals surface area contributed by atoms with E-state index in [4.69, 9.17) is 0 Å². The van der Waals surface area contributed by atoms with Crippen LogP contribution in [-0.2, 0) is 16.1 Å². The van der Waals surface area contributed by atoms with Gasteiger partial charge >= 0.3 is 0 Å². The molecule has 0 bridgehead atoms. The number of anilines is 1. The second-order valence-corrected chi connectivity index (χ2v) is 7.43. The van der Waals surface area contributed by atoms with E-state index < -0.39 is 0 Å². The molecule has 1 aliphatic heterocycles. The maximum Gasteiger partial charge on any atom is 0.251 e. The average Bonchev–Trinajstić information content (AvgIpc) is 2.97. The van der Waals surface area contributed by atoms with Gasteiger partial charge in [0.2, 0.25) is 11.8 Å². The fraction of sp³-hybridized carbons (Fsp3) is 0.261. The van der Waals surface area contributed by atoms with E-state index >= 15 is 0 Å². The first-order valence-electron chi connectivity index (χ1n) is 9.50. The van der Waals surface area contributed by atoms with E-state index in [1.807, 2.05) is 37.3 Å². The number of benzene rings is 2. The Morgan fingerprint density at radius 3 is 2.39 bits per heavy atom. The fourth-order valence-corrected chi connectivity index (χ4v) is 3.93. The van der Waals surface area contributed by atoms with E-state index in [0.29, 0.717) is 30.6 Å². The Bertz CT molecular complexity index is 948. The van der Waals surface area contributed by atoms with E-state index in [-0.39, 0.29) is 29.6 Å². The third-order valence-corrected chi connectivity index (χ3v) is 5.51. The van der Waals surface area contributed by atoms with E-state index in [2.05, 4.69) is 11.4 Å². The smallest absolute Gasteiger partial charge is 0.251 e. The highest BCUT2D eigenvalue weighted by Crippen LogP contribution is 2.39. The topological polar surface area (TPSA) is 66.5 Å². The van der Waals surface area contributed by atoms with Crippen LogP contribution in [0.4, 0.5) is 5.69 Å². The van der Waals surface area contributed by atoms with Crippen LogP contribution in [0.2, 0.25) is 0 Å². The number of imide groups is 1. The average molecular weight is 374 g/mol. The highest BCUT2D eigenvalue weighted by atomic mass is 16.2. The number of hydrogen-bond donors (Lipinski definition) is 1. The summed E-state index contributed by atoms with van der Waals surface area (Å²) in [5.74, 6) is -0.983. The molecule has 4 rings (SSSR count). The highest BCUT2D eigenvalue weighted by molar-refractivity contribution is 6.22. The van der Waals surface area contributed by atoms with E-state index in [9.17, 15) is 14.4 Å². The monoisotopic (exact) mass is 374 g/mol. The van der Waals surface area contributed by atoms with Crippen molar-refractivity contribution in [2.75, 3.05) is 4.90 Å². The molecule has 142 valence electrons. The number of carbonyl (C=O) groups is 3. The minimum absolute atomic E-state index is 0.135. The molecular formula is C23H22N2O3. The number of nitrogens with one attached hydrogen (secondary N) is 1. The minimum Gasteiger partial charge on any atom is -0.348 e. The summed E-state index contributed by atoms with van der Waals surface area (Å²) >= 11 is 0. The highest BCUT2D eigenvalue weighted by Gasteiger charge is 2.48. The zero-order valence-corrected chi connectivity index (χ0v) is 15.7. The lowest BCUT2D eigenvalue weighted by Gasteiger charge is -2.18. The minimum atomic E-state index is -0.259. The molecular weight excluding hydrogens is 352 g/mol. The van der Waals surface area contributed by atoms with Crippen molar-refractivity contribution < 1.29 is 14.4 Å². The first-order valence-corrected chi connectivity index (χ1v) is 9.50. The largest absolute Gasteiger partial charge is 0.348 e. The molecule has 1 N–H and O–H groups in total. The van der Waals surface area contributed by atoms with Crippen LogP contribution in [0.1, 0.15) is 35.7 Å². The lowest BCUT2D eigenvalue weighted by Crippen LogP contribution is -2.31. The summed E-state index contributed by atoms with van der Waals surface area (Å²) in [5, 5.41) is 2.87. The van der Waals surface area contributed by atoms with Gasteiger partial charge in [-0.05, 0) is 49.6 Å². The van der Waals surface area contributed by atoms with Gasteiger partial charge in [-0.1, -0.05) is 42.0 Å². The maximum atomic E-state index is 12.8. The molecule has 1 fully saturated rings. The summed E-state index contributed by atoms with van der Waals surface area (Å²) in [5.41, 5.74) is 3.21. The van der Waals surface area contributed by atoms with Crippen molar-refractivity contribution in [3.8, 4) is 0 Å². The number of hydrogen-bond acceptors (Lipinski definition) is 3. The van der Waals surface area contributed by atoms with Crippen molar-refractivity contribution in [2.24, 2.45) is 11.8 Å². The Morgan fingerprint density at radius 2 is 1.68 bits per heavy atom. The number of amides is 3. The molecule has 3 amide bonds. The molecule has 1 aliphatic carbocycles. The molecule has 1 saturated heterocycles. The summed E-state index contributed by atoms with van der Waals surface area (Å²) in [6, 6.07) is 16.3. The van der Waals surface area contributed by atoms with Crippen molar-refractivity contribution >= 4 is 23.4 Å². The Kier molecular flexibility index (Phi) is 4.82. The Hall–Kier alpha value is -3.21. The first kappa shape index (κ1) is 18.2. The molecule has 1 heterocycles. The number of fused-ring (bicyclic) bond motifs is 1. The molecule has 0 saturated carbocycles. The predicted molar refractivity (Wildman–Crippen MR) is 107 cm³/mol. The molecule has 5 nitrogen and oxygen atoms in total. The summed E-state index contributed by atoms with van der Waals surface area (Å²) < 4.78 is 0. The molecule has 2 atom stereocenters. The zero-order valence-electron chi connectivity index (χ0n) is 15.7. The van der Waals surface area contributed by atoms with Gasteiger partial charge in [-0.15, -0.1) is 0 Å². The van der Waals surface area contributed by atoms with Gasteiger partial charge in [0.25, 0.3) is 5.91 Å². The molecule has 2 aromatic carbocycles. The van der Waals surface area contributed by atoms with Crippen molar-refractivity contribution in [1.29, 1.82) is 0 Å². The molecule has 0 unspecified atom stereocenters. The van der Waals surface area contributed by atoms with Crippen molar-refractivity contribution in [3.05, 3.63) is 77.4 Å². The van der Waals surface area contributed by atoms with Crippen LogP contribution in [0.3, 0.4) is 0 Å². The van der Waals surface area contributed by atoms with Crippen LogP contribution in [0.5, 0.6) is 0 Å². The van der Waals surface area contributed by atoms with Crippen molar-refractivity contribution in [2.45, 2.75) is 26.3 Å². The zero-order chi connectivity index (χ0) is 19.7. The molecule has 2 aromatic rings. The molecule has 0 radical (unpaired) electrons. The van der Waals surface area contributed by atoms with Gasteiger partial charge < -0.3 is 5.32 Å². The fourth-order valence-electron chi connectivity index (χ4n) is 3.93. The Morgan fingerprint density at radius 1 is 1.00 bits per heavy atom. The first-order chi connectivity index (χ1) is 13.5. The summed E-state index contributed by atoms with van der Waals surface area (Å²) in [4.78, 5) is 39.1. The third kappa shape index (κ3) is 3.36. The van der Waals surface area contributed by atoms with Crippen molar-refractivity contribution in [1.82, 2.24) is 5.32 Å². The summed E-state index contributed by atoms with van der Waals surface area (Å²) in [6.07, 6.45) is 3.32. The molecule has 0 aromatic heterocycles. The van der Waals surface area contributed by atoms with Crippen LogP contribution in [0.25, 0.3) is 0 Å². The van der Waals surface area contributed by atoms with Gasteiger partial charge in [-0.25, -0.2) is 0 Å². The van der Waals surface area contributed by atoms with E-state index in [1.54, 1.807) is 24.3 Å². The van der Waals surface area contributed by atoms with Crippen LogP contribution in [-0.4, -0.2) is 17.7 Å². The second-order valence-electron chi connectivity index (χ2n) is 7.43. The quantitative estimate of drug-likeness (QED) is 0.658. The SMILES string of the molecule is CC1=CC[C@H]2C(=O)N(c3ccc(C(=O)NCc4ccccc4)cc3)C(=O)[C@@H]2C1. The Balaban J connectivity index is 1.45. The second kappa shape index (κ2) is 7.43. The summed E-state index contributed by atoms with van der Waals surface area (Å²) in [7, 11) is 0.